The van der Waals surface area contributed by atoms with Crippen LogP contribution in [0.4, 0.5) is 0 Å². The van der Waals surface area contributed by atoms with Crippen LogP contribution < -0.4 is 4.74 Å². The van der Waals surface area contributed by atoms with E-state index in [0.717, 1.165) is 24.2 Å². The van der Waals surface area contributed by atoms with Gasteiger partial charge >= 0.3 is 0 Å². The summed E-state index contributed by atoms with van der Waals surface area (Å²) >= 11 is 0. The summed E-state index contributed by atoms with van der Waals surface area (Å²) < 4.78 is 5.46. The molecule has 1 aromatic carbocycles. The van der Waals surface area contributed by atoms with E-state index in [0.29, 0.717) is 6.61 Å². The van der Waals surface area contributed by atoms with Gasteiger partial charge in [0.2, 0.25) is 0 Å². The second kappa shape index (κ2) is 4.28. The van der Waals surface area contributed by atoms with Gasteiger partial charge in [0.25, 0.3) is 0 Å². The molecule has 2 rings (SSSR count). The standard InChI is InChI=1S/C10H12O2.CH4/c11-9-5-6-12-10-4-2-1-3-8(10)7-9;/h1-4,9,11H,5-7H2;1H4. The molecule has 1 aromatic rings. The third kappa shape index (κ3) is 2.22. The third-order valence-corrected chi connectivity index (χ3v) is 2.14. The first kappa shape index (κ1) is 10.1. The van der Waals surface area contributed by atoms with E-state index < -0.39 is 0 Å². The molecule has 1 heterocycles. The fraction of sp³-hybridized carbons (Fsp3) is 0.455. The molecule has 1 unspecified atom stereocenters. The van der Waals surface area contributed by atoms with Crippen molar-refractivity contribution in [3.05, 3.63) is 29.8 Å². The van der Waals surface area contributed by atoms with Gasteiger partial charge in [0.05, 0.1) is 12.7 Å². The molecule has 0 aliphatic carbocycles. The Hall–Kier alpha value is -1.02. The fourth-order valence-corrected chi connectivity index (χ4v) is 1.47. The molecule has 0 aromatic heterocycles. The van der Waals surface area contributed by atoms with Gasteiger partial charge in [0.15, 0.2) is 0 Å². The zero-order valence-electron chi connectivity index (χ0n) is 6.86. The molecule has 1 aliphatic rings. The van der Waals surface area contributed by atoms with E-state index in [2.05, 4.69) is 0 Å². The highest BCUT2D eigenvalue weighted by atomic mass is 16.5. The van der Waals surface area contributed by atoms with Crippen LogP contribution in [0.15, 0.2) is 24.3 Å². The van der Waals surface area contributed by atoms with E-state index >= 15 is 0 Å². The molecule has 1 N–H and O–H groups in total. The fourth-order valence-electron chi connectivity index (χ4n) is 1.47. The second-order valence-corrected chi connectivity index (χ2v) is 3.10. The Morgan fingerprint density at radius 1 is 1.31 bits per heavy atom. The molecule has 0 fully saturated rings. The maximum absolute atomic E-state index is 9.46. The van der Waals surface area contributed by atoms with Crippen molar-refractivity contribution in [2.45, 2.75) is 26.4 Å². The van der Waals surface area contributed by atoms with E-state index in [1.807, 2.05) is 24.3 Å². The van der Waals surface area contributed by atoms with Crippen molar-refractivity contribution >= 4 is 0 Å². The van der Waals surface area contributed by atoms with Gasteiger partial charge in [0.1, 0.15) is 5.75 Å². The molecule has 2 heteroatoms. The summed E-state index contributed by atoms with van der Waals surface area (Å²) in [5.74, 6) is 0.925. The molecular weight excluding hydrogens is 164 g/mol. The van der Waals surface area contributed by atoms with Crippen molar-refractivity contribution in [3.63, 3.8) is 0 Å². The number of hydrogen-bond donors (Lipinski definition) is 1. The molecule has 2 nitrogen and oxygen atoms in total. The first-order valence-corrected chi connectivity index (χ1v) is 4.25. The Bertz CT molecular complexity index is 271. The van der Waals surface area contributed by atoms with Gasteiger partial charge in [-0.3, -0.25) is 0 Å². The van der Waals surface area contributed by atoms with Crippen LogP contribution >= 0.6 is 0 Å². The number of fused-ring (bicyclic) bond motifs is 1. The lowest BCUT2D eigenvalue weighted by atomic mass is 10.1. The van der Waals surface area contributed by atoms with Crippen LogP contribution in [0.2, 0.25) is 0 Å². The molecular formula is C11H16O2. The minimum absolute atomic E-state index is 0. The van der Waals surface area contributed by atoms with Gasteiger partial charge in [-0.05, 0) is 11.6 Å². The van der Waals surface area contributed by atoms with Crippen LogP contribution in [-0.2, 0) is 6.42 Å². The van der Waals surface area contributed by atoms with Crippen LogP contribution in [0, 0.1) is 0 Å². The number of hydrogen-bond acceptors (Lipinski definition) is 2. The summed E-state index contributed by atoms with van der Waals surface area (Å²) in [4.78, 5) is 0. The first-order chi connectivity index (χ1) is 5.86. The van der Waals surface area contributed by atoms with Crippen molar-refractivity contribution in [3.8, 4) is 5.75 Å². The van der Waals surface area contributed by atoms with Gasteiger partial charge in [-0.2, -0.15) is 0 Å². The Morgan fingerprint density at radius 2 is 2.08 bits per heavy atom. The highest BCUT2D eigenvalue weighted by molar-refractivity contribution is 5.34. The number of rotatable bonds is 0. The largest absolute Gasteiger partial charge is 0.493 e. The molecule has 13 heavy (non-hydrogen) atoms. The van der Waals surface area contributed by atoms with E-state index in [-0.39, 0.29) is 13.5 Å². The summed E-state index contributed by atoms with van der Waals surface area (Å²) in [6.07, 6.45) is 1.21. The summed E-state index contributed by atoms with van der Waals surface area (Å²) in [6.45, 7) is 0.623. The lowest BCUT2D eigenvalue weighted by Crippen LogP contribution is -2.10. The molecule has 0 amide bonds. The Labute approximate surface area is 79.2 Å². The van der Waals surface area contributed by atoms with Crippen LogP contribution in [0.25, 0.3) is 0 Å². The molecule has 0 saturated heterocycles. The molecule has 0 bridgehead atoms. The maximum Gasteiger partial charge on any atom is 0.122 e. The van der Waals surface area contributed by atoms with E-state index in [4.69, 9.17) is 4.74 Å². The van der Waals surface area contributed by atoms with Gasteiger partial charge in [-0.1, -0.05) is 25.6 Å². The van der Waals surface area contributed by atoms with Crippen molar-refractivity contribution < 1.29 is 9.84 Å². The van der Waals surface area contributed by atoms with Gasteiger partial charge in [-0.15, -0.1) is 0 Å². The van der Waals surface area contributed by atoms with Crippen LogP contribution in [0.1, 0.15) is 19.4 Å². The number of ether oxygens (including phenoxy) is 1. The smallest absolute Gasteiger partial charge is 0.122 e. The topological polar surface area (TPSA) is 29.5 Å². The number of aliphatic hydroxyl groups is 1. The monoisotopic (exact) mass is 180 g/mol. The Balaban J connectivity index is 0.000000845. The first-order valence-electron chi connectivity index (χ1n) is 4.25. The van der Waals surface area contributed by atoms with Gasteiger partial charge in [-0.25, -0.2) is 0 Å². The predicted octanol–water partition coefficient (Wildman–Crippen LogP) is 2.01. The minimum Gasteiger partial charge on any atom is -0.493 e. The highest BCUT2D eigenvalue weighted by Crippen LogP contribution is 2.23. The second-order valence-electron chi connectivity index (χ2n) is 3.10. The van der Waals surface area contributed by atoms with Crippen molar-refractivity contribution in [1.29, 1.82) is 0 Å². The minimum atomic E-state index is -0.242. The quantitative estimate of drug-likeness (QED) is 0.661. The predicted molar refractivity (Wildman–Crippen MR) is 53.0 cm³/mol. The van der Waals surface area contributed by atoms with Crippen LogP contribution in [0.5, 0.6) is 5.75 Å². The van der Waals surface area contributed by atoms with E-state index in [1.54, 1.807) is 0 Å². The zero-order valence-corrected chi connectivity index (χ0v) is 6.86. The van der Waals surface area contributed by atoms with E-state index in [1.165, 1.54) is 0 Å². The van der Waals surface area contributed by atoms with Gasteiger partial charge in [0, 0.05) is 12.8 Å². The summed E-state index contributed by atoms with van der Waals surface area (Å²) in [5.41, 5.74) is 1.11. The maximum atomic E-state index is 9.46. The molecule has 1 aliphatic heterocycles. The Kier molecular flexibility index (Phi) is 3.32. The van der Waals surface area contributed by atoms with Crippen LogP contribution in [-0.4, -0.2) is 17.8 Å². The van der Waals surface area contributed by atoms with E-state index in [9.17, 15) is 5.11 Å². The average molecular weight is 180 g/mol. The molecule has 0 radical (unpaired) electrons. The normalized spacial score (nSPS) is 20.5. The van der Waals surface area contributed by atoms with Crippen molar-refractivity contribution in [2.75, 3.05) is 6.61 Å². The molecule has 1 atom stereocenters. The lowest BCUT2D eigenvalue weighted by Gasteiger charge is -2.05. The summed E-state index contributed by atoms with van der Waals surface area (Å²) in [6, 6.07) is 7.88. The lowest BCUT2D eigenvalue weighted by molar-refractivity contribution is 0.150. The number of para-hydroxylation sites is 1. The number of benzene rings is 1. The number of aliphatic hydroxyl groups excluding tert-OH is 1. The third-order valence-electron chi connectivity index (χ3n) is 2.14. The van der Waals surface area contributed by atoms with Gasteiger partial charge < -0.3 is 9.84 Å². The van der Waals surface area contributed by atoms with Crippen molar-refractivity contribution in [2.24, 2.45) is 0 Å². The molecule has 0 spiro atoms. The SMILES string of the molecule is C.OC1CCOc2ccccc2C1. The Morgan fingerprint density at radius 3 is 2.92 bits per heavy atom. The molecule has 0 saturated carbocycles. The average Bonchev–Trinajstić information content (AvgIpc) is 2.25. The van der Waals surface area contributed by atoms with Crippen molar-refractivity contribution in [1.82, 2.24) is 0 Å². The van der Waals surface area contributed by atoms with Crippen LogP contribution in [0.3, 0.4) is 0 Å². The zero-order chi connectivity index (χ0) is 8.39. The highest BCUT2D eigenvalue weighted by Gasteiger charge is 2.13. The summed E-state index contributed by atoms with van der Waals surface area (Å²) in [5, 5.41) is 9.46. The summed E-state index contributed by atoms with van der Waals surface area (Å²) in [7, 11) is 0. The molecule has 72 valence electrons.